The minimum absolute atomic E-state index is 0.323. The summed E-state index contributed by atoms with van der Waals surface area (Å²) in [4.78, 5) is 0.323. The molecule has 5 heteroatoms. The Kier molecular flexibility index (Phi) is 4.07. The van der Waals surface area contributed by atoms with E-state index in [1.165, 1.54) is 12.0 Å². The highest BCUT2D eigenvalue weighted by Crippen LogP contribution is 2.25. The van der Waals surface area contributed by atoms with E-state index < -0.39 is 10.0 Å². The van der Waals surface area contributed by atoms with Crippen molar-refractivity contribution in [3.63, 3.8) is 0 Å². The van der Waals surface area contributed by atoms with Crippen molar-refractivity contribution in [2.45, 2.75) is 30.6 Å². The standard InChI is InChI=1S/C17H19NO3S/c1-21-16-9-7-15(8-10-16)18-22(19,20)17-11-6-13-4-2-3-5-14(13)12-17/h6-12,18H,2-5H2,1H3. The lowest BCUT2D eigenvalue weighted by Gasteiger charge is -2.17. The van der Waals surface area contributed by atoms with Crippen molar-refractivity contribution in [2.24, 2.45) is 0 Å². The number of aryl methyl sites for hydroxylation is 2. The van der Waals surface area contributed by atoms with Gasteiger partial charge in [-0.25, -0.2) is 8.42 Å². The predicted octanol–water partition coefficient (Wildman–Crippen LogP) is 3.37. The van der Waals surface area contributed by atoms with Crippen LogP contribution < -0.4 is 9.46 Å². The van der Waals surface area contributed by atoms with E-state index in [0.717, 1.165) is 24.8 Å². The van der Waals surface area contributed by atoms with Gasteiger partial charge in [0.05, 0.1) is 12.0 Å². The number of nitrogens with one attached hydrogen (secondary N) is 1. The second-order valence-corrected chi connectivity index (χ2v) is 7.15. The third-order valence-corrected chi connectivity index (χ3v) is 5.35. The van der Waals surface area contributed by atoms with Gasteiger partial charge in [-0.05, 0) is 73.2 Å². The van der Waals surface area contributed by atoms with Crippen LogP contribution in [-0.2, 0) is 22.9 Å². The summed E-state index contributed by atoms with van der Waals surface area (Å²) < 4.78 is 32.7. The first kappa shape index (κ1) is 14.9. The minimum Gasteiger partial charge on any atom is -0.497 e. The Hall–Kier alpha value is -2.01. The molecule has 4 nitrogen and oxygen atoms in total. The van der Waals surface area contributed by atoms with Crippen LogP contribution in [0.3, 0.4) is 0 Å². The number of ether oxygens (including phenoxy) is 1. The Bertz CT molecular complexity index is 767. The van der Waals surface area contributed by atoms with Crippen LogP contribution in [0.2, 0.25) is 0 Å². The lowest BCUT2D eigenvalue weighted by molar-refractivity contribution is 0.415. The highest BCUT2D eigenvalue weighted by Gasteiger charge is 2.17. The van der Waals surface area contributed by atoms with Crippen LogP contribution in [0.15, 0.2) is 47.4 Å². The molecule has 0 bridgehead atoms. The number of anilines is 1. The fraction of sp³-hybridized carbons (Fsp3) is 0.294. The number of fused-ring (bicyclic) bond motifs is 1. The normalized spacial score (nSPS) is 14.2. The molecule has 0 unspecified atom stereocenters. The van der Waals surface area contributed by atoms with Crippen LogP contribution in [0.5, 0.6) is 5.75 Å². The zero-order chi connectivity index (χ0) is 15.6. The molecule has 0 amide bonds. The predicted molar refractivity (Wildman–Crippen MR) is 86.9 cm³/mol. The van der Waals surface area contributed by atoms with E-state index in [0.29, 0.717) is 16.3 Å². The maximum atomic E-state index is 12.5. The minimum atomic E-state index is -3.56. The molecule has 0 saturated carbocycles. The molecule has 116 valence electrons. The largest absolute Gasteiger partial charge is 0.497 e. The first-order chi connectivity index (χ1) is 10.6. The first-order valence-electron chi connectivity index (χ1n) is 7.37. The van der Waals surface area contributed by atoms with Gasteiger partial charge in [-0.15, -0.1) is 0 Å². The Labute approximate surface area is 131 Å². The van der Waals surface area contributed by atoms with E-state index in [1.807, 2.05) is 6.07 Å². The van der Waals surface area contributed by atoms with Gasteiger partial charge in [-0.1, -0.05) is 6.07 Å². The summed E-state index contributed by atoms with van der Waals surface area (Å²) >= 11 is 0. The van der Waals surface area contributed by atoms with Crippen molar-refractivity contribution in [2.75, 3.05) is 11.8 Å². The molecule has 1 aliphatic rings. The lowest BCUT2D eigenvalue weighted by atomic mass is 9.92. The van der Waals surface area contributed by atoms with E-state index in [-0.39, 0.29) is 0 Å². The van der Waals surface area contributed by atoms with Gasteiger partial charge in [0, 0.05) is 5.69 Å². The highest BCUT2D eigenvalue weighted by molar-refractivity contribution is 7.92. The van der Waals surface area contributed by atoms with Crippen LogP contribution >= 0.6 is 0 Å². The van der Waals surface area contributed by atoms with Gasteiger partial charge in [0.25, 0.3) is 10.0 Å². The summed E-state index contributed by atoms with van der Waals surface area (Å²) in [6.07, 6.45) is 4.31. The monoisotopic (exact) mass is 317 g/mol. The SMILES string of the molecule is COc1ccc(NS(=O)(=O)c2ccc3c(c2)CCCC3)cc1. The average Bonchev–Trinajstić information content (AvgIpc) is 2.55. The number of sulfonamides is 1. The highest BCUT2D eigenvalue weighted by atomic mass is 32.2. The van der Waals surface area contributed by atoms with Crippen LogP contribution in [0, 0.1) is 0 Å². The van der Waals surface area contributed by atoms with Gasteiger partial charge in [-0.2, -0.15) is 0 Å². The van der Waals surface area contributed by atoms with Crippen molar-refractivity contribution in [3.8, 4) is 5.75 Å². The lowest BCUT2D eigenvalue weighted by Crippen LogP contribution is -2.14. The van der Waals surface area contributed by atoms with Gasteiger partial charge >= 0.3 is 0 Å². The van der Waals surface area contributed by atoms with Crippen molar-refractivity contribution in [1.29, 1.82) is 0 Å². The van der Waals surface area contributed by atoms with Crippen LogP contribution in [0.4, 0.5) is 5.69 Å². The Morgan fingerprint density at radius 3 is 2.32 bits per heavy atom. The summed E-state index contributed by atoms with van der Waals surface area (Å²) in [5.74, 6) is 0.691. The molecule has 0 atom stereocenters. The number of rotatable bonds is 4. The van der Waals surface area contributed by atoms with Gasteiger partial charge in [0.1, 0.15) is 5.75 Å². The molecule has 0 aliphatic heterocycles. The molecule has 0 radical (unpaired) electrons. The van der Waals surface area contributed by atoms with Gasteiger partial charge in [-0.3, -0.25) is 4.72 Å². The number of hydrogen-bond donors (Lipinski definition) is 1. The average molecular weight is 317 g/mol. The van der Waals surface area contributed by atoms with Crippen LogP contribution in [-0.4, -0.2) is 15.5 Å². The molecule has 0 spiro atoms. The summed E-state index contributed by atoms with van der Waals surface area (Å²) in [6.45, 7) is 0. The molecule has 3 rings (SSSR count). The number of methoxy groups -OCH3 is 1. The fourth-order valence-electron chi connectivity index (χ4n) is 2.75. The van der Waals surface area contributed by atoms with E-state index in [1.54, 1.807) is 43.5 Å². The van der Waals surface area contributed by atoms with Crippen molar-refractivity contribution in [1.82, 2.24) is 0 Å². The molecule has 0 saturated heterocycles. The van der Waals surface area contributed by atoms with Gasteiger partial charge in [0.15, 0.2) is 0 Å². The van der Waals surface area contributed by atoms with Crippen molar-refractivity contribution in [3.05, 3.63) is 53.6 Å². The first-order valence-corrected chi connectivity index (χ1v) is 8.85. The van der Waals surface area contributed by atoms with E-state index in [2.05, 4.69) is 4.72 Å². The molecule has 0 aromatic heterocycles. The van der Waals surface area contributed by atoms with E-state index in [4.69, 9.17) is 4.74 Å². The second kappa shape index (κ2) is 6.01. The van der Waals surface area contributed by atoms with Crippen LogP contribution in [0.25, 0.3) is 0 Å². The molecule has 1 aliphatic carbocycles. The smallest absolute Gasteiger partial charge is 0.261 e. The topological polar surface area (TPSA) is 55.4 Å². The molecule has 2 aromatic rings. The van der Waals surface area contributed by atoms with E-state index >= 15 is 0 Å². The molecule has 1 N–H and O–H groups in total. The Morgan fingerprint density at radius 1 is 0.955 bits per heavy atom. The molecule has 2 aromatic carbocycles. The zero-order valence-electron chi connectivity index (χ0n) is 12.5. The molecule has 22 heavy (non-hydrogen) atoms. The number of hydrogen-bond acceptors (Lipinski definition) is 3. The maximum Gasteiger partial charge on any atom is 0.261 e. The maximum absolute atomic E-state index is 12.5. The third-order valence-electron chi connectivity index (χ3n) is 3.97. The van der Waals surface area contributed by atoms with Crippen LogP contribution in [0.1, 0.15) is 24.0 Å². The quantitative estimate of drug-likeness (QED) is 0.940. The summed E-state index contributed by atoms with van der Waals surface area (Å²) in [6, 6.07) is 12.3. The zero-order valence-corrected chi connectivity index (χ0v) is 13.3. The molecule has 0 heterocycles. The summed E-state index contributed by atoms with van der Waals surface area (Å²) in [5.41, 5.74) is 2.96. The van der Waals surface area contributed by atoms with Crippen molar-refractivity contribution < 1.29 is 13.2 Å². The Balaban J connectivity index is 1.85. The third kappa shape index (κ3) is 3.09. The Morgan fingerprint density at radius 2 is 1.64 bits per heavy atom. The second-order valence-electron chi connectivity index (χ2n) is 5.47. The van der Waals surface area contributed by atoms with Gasteiger partial charge < -0.3 is 4.74 Å². The fourth-order valence-corrected chi connectivity index (χ4v) is 3.86. The number of benzene rings is 2. The summed E-state index contributed by atoms with van der Waals surface area (Å²) in [7, 11) is -1.98. The molecular weight excluding hydrogens is 298 g/mol. The molecular formula is C17H19NO3S. The van der Waals surface area contributed by atoms with E-state index in [9.17, 15) is 8.42 Å². The van der Waals surface area contributed by atoms with Crippen molar-refractivity contribution >= 4 is 15.7 Å². The molecule has 0 fully saturated rings. The van der Waals surface area contributed by atoms with Gasteiger partial charge in [0.2, 0.25) is 0 Å². The summed E-state index contributed by atoms with van der Waals surface area (Å²) in [5, 5.41) is 0.